The van der Waals surface area contributed by atoms with E-state index in [1.807, 2.05) is 0 Å². The highest BCUT2D eigenvalue weighted by atomic mass is 16.6. The Balaban J connectivity index is 2.13. The first-order valence-corrected chi connectivity index (χ1v) is 8.02. The van der Waals surface area contributed by atoms with Crippen molar-refractivity contribution in [1.82, 2.24) is 5.06 Å². The van der Waals surface area contributed by atoms with E-state index in [9.17, 15) is 20.5 Å². The molecule has 26 heavy (non-hydrogen) atoms. The second-order valence-electron chi connectivity index (χ2n) is 6.26. The molecule has 0 unspecified atom stereocenters. The number of nitrogens with zero attached hydrogens (tertiary/aromatic N) is 3. The number of non-ortho nitro benzene ring substituents is 1. The Kier molecular flexibility index (Phi) is 4.39. The van der Waals surface area contributed by atoms with Crippen molar-refractivity contribution in [2.24, 2.45) is 0 Å². The Labute approximate surface area is 150 Å². The molecule has 0 spiro atoms. The van der Waals surface area contributed by atoms with E-state index < -0.39 is 16.6 Å². The molecular weight excluding hydrogens is 338 g/mol. The number of rotatable bonds is 4. The highest BCUT2D eigenvalue weighted by Gasteiger charge is 2.54. The third kappa shape index (κ3) is 2.59. The average Bonchev–Trinajstić information content (AvgIpc) is 2.83. The molecule has 1 aliphatic rings. The Morgan fingerprint density at radius 3 is 2.50 bits per heavy atom. The van der Waals surface area contributed by atoms with E-state index in [-0.39, 0.29) is 5.69 Å². The Morgan fingerprint density at radius 1 is 1.27 bits per heavy atom. The summed E-state index contributed by atoms with van der Waals surface area (Å²) in [6.45, 7) is 3.24. The zero-order chi connectivity index (χ0) is 19.1. The second-order valence-corrected chi connectivity index (χ2v) is 6.26. The van der Waals surface area contributed by atoms with Crippen molar-refractivity contribution in [3.8, 4) is 5.75 Å². The molecule has 136 valence electrons. The number of nitro groups is 1. The fraction of sp³-hybridized carbons (Fsp3) is 0.278. The molecule has 2 atom stereocenters. The van der Waals surface area contributed by atoms with Gasteiger partial charge in [0.15, 0.2) is 0 Å². The number of hydroxylamine groups is 3. The van der Waals surface area contributed by atoms with Gasteiger partial charge in [0.1, 0.15) is 11.8 Å². The molecule has 0 saturated carbocycles. The second kappa shape index (κ2) is 6.40. The van der Waals surface area contributed by atoms with E-state index in [2.05, 4.69) is 0 Å². The molecule has 2 aromatic rings. The summed E-state index contributed by atoms with van der Waals surface area (Å²) in [5, 5.41) is 35.8. The topological polar surface area (TPSA) is 102 Å². The number of ether oxygens (including phenoxy) is 1. The van der Waals surface area contributed by atoms with Crippen LogP contribution in [0.5, 0.6) is 5.75 Å². The van der Waals surface area contributed by atoms with Crippen LogP contribution in [0.15, 0.2) is 48.5 Å². The molecule has 2 aromatic carbocycles. The van der Waals surface area contributed by atoms with Crippen LogP contribution in [-0.4, -0.2) is 38.8 Å². The van der Waals surface area contributed by atoms with Crippen molar-refractivity contribution >= 4 is 11.4 Å². The average molecular weight is 357 g/mol. The van der Waals surface area contributed by atoms with Crippen molar-refractivity contribution in [3.63, 3.8) is 0 Å². The summed E-state index contributed by atoms with van der Waals surface area (Å²) in [7, 11) is 1.55. The predicted molar refractivity (Wildman–Crippen MR) is 94.3 cm³/mol. The van der Waals surface area contributed by atoms with Crippen molar-refractivity contribution in [2.75, 3.05) is 7.11 Å². The SMILES string of the molecule is COc1ccc(C2=[N+]([O-])[C@](C)(c3cccc([N+](=O)[O-])c3)N(O)[C@@H]2C)cc1. The van der Waals surface area contributed by atoms with Gasteiger partial charge in [-0.25, -0.2) is 0 Å². The monoisotopic (exact) mass is 357 g/mol. The molecule has 0 aliphatic carbocycles. The van der Waals surface area contributed by atoms with Gasteiger partial charge in [0.25, 0.3) is 11.4 Å². The summed E-state index contributed by atoms with van der Waals surface area (Å²) >= 11 is 0. The Hall–Kier alpha value is -2.97. The first-order valence-electron chi connectivity index (χ1n) is 8.02. The standard InChI is InChI=1S/C18H19N3O5/c1-12-17(13-7-9-16(26-3)10-8-13)20(23)18(2,19(12)22)14-5-4-6-15(11-14)21(24)25/h4-12,22H,1-3H3/t12-,18-/m1/s1. The van der Waals surface area contributed by atoms with Crippen LogP contribution >= 0.6 is 0 Å². The van der Waals surface area contributed by atoms with Crippen LogP contribution in [0.2, 0.25) is 0 Å². The molecule has 0 radical (unpaired) electrons. The van der Waals surface area contributed by atoms with Crippen LogP contribution in [0, 0.1) is 15.3 Å². The number of methoxy groups -OCH3 is 1. The van der Waals surface area contributed by atoms with Gasteiger partial charge in [-0.15, -0.1) is 5.06 Å². The number of hydrogen-bond acceptors (Lipinski definition) is 6. The van der Waals surface area contributed by atoms with Gasteiger partial charge in [-0.05, 0) is 37.3 Å². The van der Waals surface area contributed by atoms with Crippen molar-refractivity contribution < 1.29 is 19.6 Å². The zero-order valence-electron chi connectivity index (χ0n) is 14.6. The van der Waals surface area contributed by atoms with E-state index in [4.69, 9.17) is 4.74 Å². The van der Waals surface area contributed by atoms with Gasteiger partial charge in [0, 0.05) is 30.2 Å². The van der Waals surface area contributed by atoms with E-state index in [1.54, 1.807) is 44.4 Å². The Morgan fingerprint density at radius 2 is 1.92 bits per heavy atom. The van der Waals surface area contributed by atoms with Crippen molar-refractivity contribution in [3.05, 3.63) is 75.0 Å². The maximum atomic E-state index is 13.2. The lowest BCUT2D eigenvalue weighted by Crippen LogP contribution is -2.45. The molecule has 0 saturated heterocycles. The van der Waals surface area contributed by atoms with Crippen molar-refractivity contribution in [2.45, 2.75) is 25.6 Å². The minimum Gasteiger partial charge on any atom is -0.622 e. The van der Waals surface area contributed by atoms with Gasteiger partial charge in [-0.3, -0.25) is 10.1 Å². The van der Waals surface area contributed by atoms with Crippen LogP contribution in [0.1, 0.15) is 25.0 Å². The first-order chi connectivity index (χ1) is 12.3. The van der Waals surface area contributed by atoms with Crippen LogP contribution in [0.25, 0.3) is 0 Å². The lowest BCUT2D eigenvalue weighted by Gasteiger charge is -2.29. The molecule has 0 fully saturated rings. The quantitative estimate of drug-likeness (QED) is 0.391. The van der Waals surface area contributed by atoms with Gasteiger partial charge in [-0.2, -0.15) is 4.74 Å². The summed E-state index contributed by atoms with van der Waals surface area (Å²) in [6.07, 6.45) is 0. The fourth-order valence-electron chi connectivity index (χ4n) is 3.27. The van der Waals surface area contributed by atoms with Crippen LogP contribution in [0.4, 0.5) is 5.69 Å². The number of nitro benzene ring substituents is 1. The van der Waals surface area contributed by atoms with E-state index >= 15 is 0 Å². The molecule has 0 bridgehead atoms. The van der Waals surface area contributed by atoms with Crippen LogP contribution in [0.3, 0.4) is 0 Å². The Bertz CT molecular complexity index is 881. The summed E-state index contributed by atoms with van der Waals surface area (Å²) in [6, 6.07) is 12.1. The third-order valence-corrected chi connectivity index (χ3v) is 4.81. The van der Waals surface area contributed by atoms with Crippen molar-refractivity contribution in [1.29, 1.82) is 0 Å². The summed E-state index contributed by atoms with van der Waals surface area (Å²) < 4.78 is 5.83. The summed E-state index contributed by atoms with van der Waals surface area (Å²) in [4.78, 5) is 10.5. The molecule has 8 nitrogen and oxygen atoms in total. The minimum absolute atomic E-state index is 0.143. The smallest absolute Gasteiger partial charge is 0.274 e. The predicted octanol–water partition coefficient (Wildman–Crippen LogP) is 2.87. The molecule has 8 heteroatoms. The van der Waals surface area contributed by atoms with Crippen LogP contribution < -0.4 is 4.74 Å². The van der Waals surface area contributed by atoms with Gasteiger partial charge in [-0.1, -0.05) is 6.07 Å². The van der Waals surface area contributed by atoms with Gasteiger partial charge < -0.3 is 15.2 Å². The van der Waals surface area contributed by atoms with E-state index in [1.165, 1.54) is 25.1 Å². The first kappa shape index (κ1) is 17.8. The van der Waals surface area contributed by atoms with Gasteiger partial charge in [0.05, 0.1) is 12.0 Å². The normalized spacial score (nSPS) is 23.3. The molecule has 1 aliphatic heterocycles. The maximum Gasteiger partial charge on any atom is 0.274 e. The largest absolute Gasteiger partial charge is 0.622 e. The number of benzene rings is 2. The molecular formula is C18H19N3O5. The molecule has 1 heterocycles. The number of hydrogen-bond donors (Lipinski definition) is 1. The highest BCUT2D eigenvalue weighted by molar-refractivity contribution is 6.01. The maximum absolute atomic E-state index is 13.2. The van der Waals surface area contributed by atoms with E-state index in [0.717, 1.165) is 5.06 Å². The van der Waals surface area contributed by atoms with E-state index in [0.29, 0.717) is 27.3 Å². The summed E-state index contributed by atoms with van der Waals surface area (Å²) in [5.74, 6) is 0.653. The molecule has 1 N–H and O–H groups in total. The minimum atomic E-state index is -1.49. The highest BCUT2D eigenvalue weighted by Crippen LogP contribution is 2.37. The molecule has 3 rings (SSSR count). The van der Waals surface area contributed by atoms with Gasteiger partial charge >= 0.3 is 0 Å². The zero-order valence-corrected chi connectivity index (χ0v) is 14.6. The fourth-order valence-corrected chi connectivity index (χ4v) is 3.27. The molecule has 0 aromatic heterocycles. The van der Waals surface area contributed by atoms with Gasteiger partial charge in [0.2, 0.25) is 5.71 Å². The lowest BCUT2D eigenvalue weighted by atomic mass is 10.0. The third-order valence-electron chi connectivity index (χ3n) is 4.81. The van der Waals surface area contributed by atoms with Crippen LogP contribution in [-0.2, 0) is 5.66 Å². The summed E-state index contributed by atoms with van der Waals surface area (Å²) in [5.41, 5.74) is -0.290. The lowest BCUT2D eigenvalue weighted by molar-refractivity contribution is -0.595. The molecule has 0 amide bonds.